The van der Waals surface area contributed by atoms with Crippen LogP contribution in [0.4, 0.5) is 5.69 Å². The van der Waals surface area contributed by atoms with Gasteiger partial charge in [0, 0.05) is 18.2 Å². The fourth-order valence-corrected chi connectivity index (χ4v) is 4.21. The van der Waals surface area contributed by atoms with Gasteiger partial charge in [0.1, 0.15) is 0 Å². The molecule has 148 valence electrons. The standard InChI is InChI=1S/C20H22N2O5S/c1-20(19(24)25,14-6-3-2-4-7-14)13-18(23)21-16-8-5-9-17(12-16)28(26,27)22-15-10-11-15/h2-9,12,15,22H,10-11,13H2,1H3,(H,21,23)(H,24,25)/t20-/m0/s1. The molecule has 7 nitrogen and oxygen atoms in total. The number of hydrogen-bond acceptors (Lipinski definition) is 4. The van der Waals surface area contributed by atoms with Gasteiger partial charge in [0.05, 0.1) is 10.3 Å². The molecule has 3 N–H and O–H groups in total. The van der Waals surface area contributed by atoms with Crippen LogP contribution < -0.4 is 10.0 Å². The molecule has 28 heavy (non-hydrogen) atoms. The molecule has 2 aromatic carbocycles. The molecule has 0 spiro atoms. The van der Waals surface area contributed by atoms with Crippen molar-refractivity contribution in [2.45, 2.75) is 42.5 Å². The highest BCUT2D eigenvalue weighted by Gasteiger charge is 2.37. The molecule has 1 saturated carbocycles. The van der Waals surface area contributed by atoms with E-state index in [1.165, 1.54) is 25.1 Å². The van der Waals surface area contributed by atoms with Crippen molar-refractivity contribution < 1.29 is 23.1 Å². The lowest BCUT2D eigenvalue weighted by molar-refractivity contribution is -0.145. The van der Waals surface area contributed by atoms with E-state index in [-0.39, 0.29) is 17.4 Å². The first-order chi connectivity index (χ1) is 13.2. The van der Waals surface area contributed by atoms with Gasteiger partial charge in [0.2, 0.25) is 15.9 Å². The molecule has 0 radical (unpaired) electrons. The summed E-state index contributed by atoms with van der Waals surface area (Å²) in [7, 11) is -3.64. The van der Waals surface area contributed by atoms with Gasteiger partial charge in [-0.2, -0.15) is 0 Å². The van der Waals surface area contributed by atoms with E-state index in [0.29, 0.717) is 11.3 Å². The molecule has 0 saturated heterocycles. The summed E-state index contributed by atoms with van der Waals surface area (Å²) in [5.74, 6) is -1.63. The van der Waals surface area contributed by atoms with Gasteiger partial charge in [0.25, 0.3) is 0 Å². The normalized spacial score (nSPS) is 16.2. The average molecular weight is 402 g/mol. The second kappa shape index (κ2) is 7.73. The molecule has 1 fully saturated rings. The predicted octanol–water partition coefficient (Wildman–Crippen LogP) is 2.50. The highest BCUT2D eigenvalue weighted by atomic mass is 32.2. The average Bonchev–Trinajstić information content (AvgIpc) is 3.45. The van der Waals surface area contributed by atoms with Gasteiger partial charge in [-0.15, -0.1) is 0 Å². The van der Waals surface area contributed by atoms with E-state index < -0.39 is 27.3 Å². The van der Waals surface area contributed by atoms with Crippen molar-refractivity contribution in [1.82, 2.24) is 4.72 Å². The summed E-state index contributed by atoms with van der Waals surface area (Å²) in [6.45, 7) is 1.49. The van der Waals surface area contributed by atoms with Gasteiger partial charge in [-0.05, 0) is 43.5 Å². The Morgan fingerprint density at radius 1 is 1.11 bits per heavy atom. The first kappa shape index (κ1) is 20.0. The van der Waals surface area contributed by atoms with Gasteiger partial charge in [-0.25, -0.2) is 13.1 Å². The Morgan fingerprint density at radius 3 is 2.39 bits per heavy atom. The monoisotopic (exact) mass is 402 g/mol. The van der Waals surface area contributed by atoms with Crippen molar-refractivity contribution in [2.75, 3.05) is 5.32 Å². The van der Waals surface area contributed by atoms with E-state index in [9.17, 15) is 23.1 Å². The SMILES string of the molecule is C[C@@](CC(=O)Nc1cccc(S(=O)(=O)NC2CC2)c1)(C(=O)O)c1ccccc1. The number of benzene rings is 2. The van der Waals surface area contributed by atoms with Crippen LogP contribution in [0.2, 0.25) is 0 Å². The number of hydrogen-bond donors (Lipinski definition) is 3. The van der Waals surface area contributed by atoms with Crippen LogP contribution in [0.15, 0.2) is 59.5 Å². The van der Waals surface area contributed by atoms with Crippen LogP contribution in [0.5, 0.6) is 0 Å². The third-order valence-electron chi connectivity index (χ3n) is 4.72. The molecule has 0 heterocycles. The van der Waals surface area contributed by atoms with Crippen molar-refractivity contribution in [1.29, 1.82) is 0 Å². The number of anilines is 1. The van der Waals surface area contributed by atoms with E-state index in [0.717, 1.165) is 12.8 Å². The van der Waals surface area contributed by atoms with Crippen LogP contribution in [0.1, 0.15) is 31.7 Å². The summed E-state index contributed by atoms with van der Waals surface area (Å²) < 4.78 is 27.2. The summed E-state index contributed by atoms with van der Waals surface area (Å²) in [6.07, 6.45) is 1.36. The van der Waals surface area contributed by atoms with E-state index in [4.69, 9.17) is 0 Å². The number of carboxylic acids is 1. The molecule has 1 amide bonds. The van der Waals surface area contributed by atoms with Crippen LogP contribution in [0.3, 0.4) is 0 Å². The lowest BCUT2D eigenvalue weighted by Crippen LogP contribution is -2.36. The highest BCUT2D eigenvalue weighted by Crippen LogP contribution is 2.29. The summed E-state index contributed by atoms with van der Waals surface area (Å²) in [5.41, 5.74) is -0.588. The van der Waals surface area contributed by atoms with E-state index in [2.05, 4.69) is 10.0 Å². The van der Waals surface area contributed by atoms with Gasteiger partial charge in [0.15, 0.2) is 0 Å². The minimum absolute atomic E-state index is 0.0228. The number of rotatable bonds is 8. The van der Waals surface area contributed by atoms with E-state index >= 15 is 0 Å². The fraction of sp³-hybridized carbons (Fsp3) is 0.300. The first-order valence-electron chi connectivity index (χ1n) is 8.92. The number of nitrogens with one attached hydrogen (secondary N) is 2. The number of sulfonamides is 1. The summed E-state index contributed by atoms with van der Waals surface area (Å²) >= 11 is 0. The molecule has 1 aliphatic rings. The Morgan fingerprint density at radius 2 is 1.79 bits per heavy atom. The zero-order valence-electron chi connectivity index (χ0n) is 15.4. The lowest BCUT2D eigenvalue weighted by atomic mass is 9.79. The maximum absolute atomic E-state index is 12.5. The van der Waals surface area contributed by atoms with Gasteiger partial charge in [-0.3, -0.25) is 9.59 Å². The Bertz CT molecular complexity index is 987. The summed E-state index contributed by atoms with van der Waals surface area (Å²) in [5, 5.41) is 12.3. The molecule has 8 heteroatoms. The molecule has 0 unspecified atom stereocenters. The second-order valence-electron chi connectivity index (χ2n) is 7.15. The zero-order valence-corrected chi connectivity index (χ0v) is 16.2. The van der Waals surface area contributed by atoms with Crippen molar-refractivity contribution in [3.05, 3.63) is 60.2 Å². The van der Waals surface area contributed by atoms with Gasteiger partial charge >= 0.3 is 5.97 Å². The number of aliphatic carboxylic acids is 1. The molecular formula is C20H22N2O5S. The summed E-state index contributed by atoms with van der Waals surface area (Å²) in [4.78, 5) is 24.4. The Kier molecular flexibility index (Phi) is 5.53. The van der Waals surface area contributed by atoms with Crippen LogP contribution in [0.25, 0.3) is 0 Å². The van der Waals surface area contributed by atoms with Crippen molar-refractivity contribution in [2.24, 2.45) is 0 Å². The van der Waals surface area contributed by atoms with E-state index in [1.54, 1.807) is 36.4 Å². The molecule has 2 aromatic rings. The van der Waals surface area contributed by atoms with Crippen molar-refractivity contribution >= 4 is 27.6 Å². The smallest absolute Gasteiger partial charge is 0.314 e. The molecular weight excluding hydrogens is 380 g/mol. The third kappa shape index (κ3) is 4.58. The maximum atomic E-state index is 12.5. The molecule has 1 atom stereocenters. The third-order valence-corrected chi connectivity index (χ3v) is 6.24. The number of carboxylic acid groups (broad SMARTS) is 1. The van der Waals surface area contributed by atoms with E-state index in [1.807, 2.05) is 0 Å². The number of carbonyl (C=O) groups excluding carboxylic acids is 1. The molecule has 0 aromatic heterocycles. The largest absolute Gasteiger partial charge is 0.481 e. The minimum Gasteiger partial charge on any atom is -0.481 e. The van der Waals surface area contributed by atoms with Gasteiger partial charge in [-0.1, -0.05) is 36.4 Å². The topological polar surface area (TPSA) is 113 Å². The lowest BCUT2D eigenvalue weighted by Gasteiger charge is -2.24. The van der Waals surface area contributed by atoms with Crippen molar-refractivity contribution in [3.8, 4) is 0 Å². The van der Waals surface area contributed by atoms with Gasteiger partial charge < -0.3 is 10.4 Å². The Hall–Kier alpha value is -2.71. The van der Waals surface area contributed by atoms with Crippen LogP contribution in [-0.4, -0.2) is 31.4 Å². The molecule has 0 bridgehead atoms. The molecule has 1 aliphatic carbocycles. The van der Waals surface area contributed by atoms with Crippen molar-refractivity contribution in [3.63, 3.8) is 0 Å². The van der Waals surface area contributed by atoms with Crippen LogP contribution in [-0.2, 0) is 25.0 Å². The zero-order chi connectivity index (χ0) is 20.4. The Labute approximate surface area is 163 Å². The van der Waals surface area contributed by atoms with Crippen LogP contribution >= 0.6 is 0 Å². The predicted molar refractivity (Wildman–Crippen MR) is 104 cm³/mol. The number of carbonyl (C=O) groups is 2. The Balaban J connectivity index is 1.75. The summed E-state index contributed by atoms with van der Waals surface area (Å²) in [6, 6.07) is 14.4. The second-order valence-corrected chi connectivity index (χ2v) is 8.87. The quantitative estimate of drug-likeness (QED) is 0.628. The molecule has 3 rings (SSSR count). The maximum Gasteiger partial charge on any atom is 0.314 e. The van der Waals surface area contributed by atoms with Crippen LogP contribution in [0, 0.1) is 0 Å². The highest BCUT2D eigenvalue weighted by molar-refractivity contribution is 7.89. The minimum atomic E-state index is -3.64. The first-order valence-corrected chi connectivity index (χ1v) is 10.4. The fourth-order valence-electron chi connectivity index (χ4n) is 2.86. The number of amides is 1. The molecule has 0 aliphatic heterocycles.